The molecule has 0 radical (unpaired) electrons. The fraction of sp³-hybridized carbons (Fsp3) is 0.263. The van der Waals surface area contributed by atoms with Crippen molar-refractivity contribution in [2.45, 2.75) is 19.3 Å². The van der Waals surface area contributed by atoms with Crippen LogP contribution in [0.5, 0.6) is 0 Å². The van der Waals surface area contributed by atoms with Gasteiger partial charge in [0.15, 0.2) is 0 Å². The third-order valence-corrected chi connectivity index (χ3v) is 5.91. The number of thioether (sulfide) groups is 1. The molecule has 0 spiro atoms. The number of anilines is 1. The Bertz CT molecular complexity index is 792. The first-order chi connectivity index (χ1) is 11.4. The standard InChI is InChI=1S/C19H20N2OS2/c1-5-12-21-17(22)15(24-18(21)23)10-11-16-19(2,3)13-8-6-7-9-14(13)20(16)4/h5-11H,1,12H2,2-4H3/b15-10-,16-11-. The minimum atomic E-state index is -0.101. The van der Waals surface area contributed by atoms with Gasteiger partial charge >= 0.3 is 0 Å². The molecule has 0 unspecified atom stereocenters. The van der Waals surface area contributed by atoms with Crippen molar-refractivity contribution in [2.24, 2.45) is 0 Å². The van der Waals surface area contributed by atoms with Crippen LogP contribution in [0.3, 0.4) is 0 Å². The van der Waals surface area contributed by atoms with Crippen LogP contribution in [0.1, 0.15) is 19.4 Å². The van der Waals surface area contributed by atoms with Gasteiger partial charge in [-0.2, -0.15) is 0 Å². The van der Waals surface area contributed by atoms with Gasteiger partial charge in [0.2, 0.25) is 0 Å². The summed E-state index contributed by atoms with van der Waals surface area (Å²) < 4.78 is 0.590. The first-order valence-electron chi connectivity index (χ1n) is 7.78. The first-order valence-corrected chi connectivity index (χ1v) is 9.00. The Labute approximate surface area is 152 Å². The number of carbonyl (C=O) groups excluding carboxylic acids is 1. The van der Waals surface area contributed by atoms with Crippen LogP contribution in [0.15, 0.2) is 59.7 Å². The van der Waals surface area contributed by atoms with Gasteiger partial charge in [0.25, 0.3) is 5.91 Å². The molecule has 24 heavy (non-hydrogen) atoms. The summed E-state index contributed by atoms with van der Waals surface area (Å²) in [4.78, 5) is 16.9. The number of allylic oxidation sites excluding steroid dienone is 3. The number of benzene rings is 1. The Kier molecular flexibility index (Phi) is 4.40. The Morgan fingerprint density at radius 1 is 1.29 bits per heavy atom. The number of para-hydroxylation sites is 1. The van der Waals surface area contributed by atoms with Crippen LogP contribution >= 0.6 is 24.0 Å². The van der Waals surface area contributed by atoms with Crippen molar-refractivity contribution >= 4 is 39.9 Å². The summed E-state index contributed by atoms with van der Waals surface area (Å²) in [5, 5.41) is 0. The molecule has 3 nitrogen and oxygen atoms in total. The van der Waals surface area contributed by atoms with E-state index in [1.54, 1.807) is 11.0 Å². The molecule has 124 valence electrons. The lowest BCUT2D eigenvalue weighted by Gasteiger charge is -2.23. The van der Waals surface area contributed by atoms with E-state index in [4.69, 9.17) is 12.2 Å². The smallest absolute Gasteiger partial charge is 0.266 e. The topological polar surface area (TPSA) is 23.6 Å². The van der Waals surface area contributed by atoms with E-state index in [0.717, 1.165) is 5.70 Å². The molecule has 0 aliphatic carbocycles. The predicted molar refractivity (Wildman–Crippen MR) is 106 cm³/mol. The second-order valence-corrected chi connectivity index (χ2v) is 8.03. The predicted octanol–water partition coefficient (Wildman–Crippen LogP) is 4.23. The average Bonchev–Trinajstić information content (AvgIpc) is 2.92. The van der Waals surface area contributed by atoms with Crippen LogP contribution in [0.4, 0.5) is 5.69 Å². The van der Waals surface area contributed by atoms with Gasteiger partial charge in [0.1, 0.15) is 4.32 Å². The first kappa shape index (κ1) is 17.0. The molecular weight excluding hydrogens is 336 g/mol. The van der Waals surface area contributed by atoms with Crippen LogP contribution in [-0.4, -0.2) is 28.7 Å². The van der Waals surface area contributed by atoms with Gasteiger partial charge in [0.05, 0.1) is 4.91 Å². The lowest BCUT2D eigenvalue weighted by Crippen LogP contribution is -2.27. The molecule has 0 aromatic heterocycles. The normalized spacial score (nSPS) is 22.6. The zero-order valence-electron chi connectivity index (χ0n) is 14.1. The highest BCUT2D eigenvalue weighted by Crippen LogP contribution is 2.46. The van der Waals surface area contributed by atoms with Crippen molar-refractivity contribution in [3.63, 3.8) is 0 Å². The van der Waals surface area contributed by atoms with Crippen LogP contribution in [0.2, 0.25) is 0 Å². The summed E-state index contributed by atoms with van der Waals surface area (Å²) in [7, 11) is 2.07. The van der Waals surface area contributed by atoms with Crippen LogP contribution < -0.4 is 4.90 Å². The number of likely N-dealkylation sites (N-methyl/N-ethyl adjacent to an activating group) is 1. The Morgan fingerprint density at radius 3 is 2.67 bits per heavy atom. The number of rotatable bonds is 3. The average molecular weight is 357 g/mol. The third kappa shape index (κ3) is 2.62. The molecule has 0 N–H and O–H groups in total. The minimum absolute atomic E-state index is 0.0438. The number of hydrogen-bond acceptors (Lipinski definition) is 4. The summed E-state index contributed by atoms with van der Waals surface area (Å²) in [5.41, 5.74) is 3.57. The van der Waals surface area contributed by atoms with E-state index in [1.165, 1.54) is 23.0 Å². The highest BCUT2D eigenvalue weighted by atomic mass is 32.2. The molecule has 2 heterocycles. The maximum absolute atomic E-state index is 12.4. The van der Waals surface area contributed by atoms with Crippen LogP contribution in [0, 0.1) is 0 Å². The number of hydrogen-bond donors (Lipinski definition) is 0. The van der Waals surface area contributed by atoms with Crippen LogP contribution in [-0.2, 0) is 10.2 Å². The Balaban J connectivity index is 1.95. The highest BCUT2D eigenvalue weighted by Gasteiger charge is 2.38. The fourth-order valence-electron chi connectivity index (χ4n) is 3.26. The van der Waals surface area contributed by atoms with E-state index < -0.39 is 0 Å². The number of thiocarbonyl (C=S) groups is 1. The molecule has 1 saturated heterocycles. The number of amides is 1. The van der Waals surface area contributed by atoms with Crippen molar-refractivity contribution in [2.75, 3.05) is 18.5 Å². The van der Waals surface area contributed by atoms with E-state index in [0.29, 0.717) is 15.8 Å². The molecule has 1 aromatic carbocycles. The molecular formula is C19H20N2OS2. The monoisotopic (exact) mass is 356 g/mol. The van der Waals surface area contributed by atoms with Crippen molar-refractivity contribution < 1.29 is 4.79 Å². The molecule has 1 amide bonds. The lowest BCUT2D eigenvalue weighted by molar-refractivity contribution is -0.121. The van der Waals surface area contributed by atoms with E-state index in [9.17, 15) is 4.79 Å². The summed E-state index contributed by atoms with van der Waals surface area (Å²) in [6.45, 7) is 8.54. The van der Waals surface area contributed by atoms with Crippen molar-refractivity contribution in [3.05, 3.63) is 65.2 Å². The van der Waals surface area contributed by atoms with Crippen molar-refractivity contribution in [3.8, 4) is 0 Å². The van der Waals surface area contributed by atoms with Gasteiger partial charge < -0.3 is 4.90 Å². The van der Waals surface area contributed by atoms with E-state index in [-0.39, 0.29) is 11.3 Å². The van der Waals surface area contributed by atoms with Gasteiger partial charge in [-0.25, -0.2) is 0 Å². The fourth-order valence-corrected chi connectivity index (χ4v) is 4.47. The second kappa shape index (κ2) is 6.22. The molecule has 1 fully saturated rings. The second-order valence-electron chi connectivity index (χ2n) is 6.36. The van der Waals surface area contributed by atoms with Gasteiger partial charge in [-0.05, 0) is 23.8 Å². The summed E-state index contributed by atoms with van der Waals surface area (Å²) in [5.74, 6) is -0.0438. The highest BCUT2D eigenvalue weighted by molar-refractivity contribution is 8.26. The summed E-state index contributed by atoms with van der Waals surface area (Å²) in [6, 6.07) is 8.41. The third-order valence-electron chi connectivity index (χ3n) is 4.52. The van der Waals surface area contributed by atoms with E-state index in [1.807, 2.05) is 12.2 Å². The number of fused-ring (bicyclic) bond motifs is 1. The Morgan fingerprint density at radius 2 is 2.00 bits per heavy atom. The summed E-state index contributed by atoms with van der Waals surface area (Å²) in [6.07, 6.45) is 5.62. The molecule has 1 aromatic rings. The largest absolute Gasteiger partial charge is 0.347 e. The molecule has 0 bridgehead atoms. The Hall–Kier alpha value is -1.85. The van der Waals surface area contributed by atoms with Crippen molar-refractivity contribution in [1.29, 1.82) is 0 Å². The quantitative estimate of drug-likeness (QED) is 0.459. The van der Waals surface area contributed by atoms with Gasteiger partial charge in [-0.3, -0.25) is 9.69 Å². The van der Waals surface area contributed by atoms with E-state index in [2.05, 4.69) is 56.6 Å². The van der Waals surface area contributed by atoms with Crippen molar-refractivity contribution in [1.82, 2.24) is 4.90 Å². The molecule has 2 aliphatic heterocycles. The molecule has 3 rings (SSSR count). The zero-order chi connectivity index (χ0) is 17.5. The number of carbonyl (C=O) groups is 1. The van der Waals surface area contributed by atoms with E-state index >= 15 is 0 Å². The molecule has 0 saturated carbocycles. The minimum Gasteiger partial charge on any atom is -0.347 e. The molecule has 5 heteroatoms. The lowest BCUT2D eigenvalue weighted by atomic mass is 9.84. The maximum Gasteiger partial charge on any atom is 0.266 e. The van der Waals surface area contributed by atoms with Gasteiger partial charge in [-0.15, -0.1) is 6.58 Å². The van der Waals surface area contributed by atoms with Gasteiger partial charge in [-0.1, -0.05) is 62.1 Å². The zero-order valence-corrected chi connectivity index (χ0v) is 15.7. The molecule has 2 aliphatic rings. The maximum atomic E-state index is 12.4. The SMILES string of the molecule is C=CCN1C(=O)/C(=C/C=C2\N(C)c3ccccc3C2(C)C)SC1=S. The number of nitrogens with zero attached hydrogens (tertiary/aromatic N) is 2. The molecule has 0 atom stereocenters. The van der Waals surface area contributed by atoms with Crippen LogP contribution in [0.25, 0.3) is 0 Å². The van der Waals surface area contributed by atoms with Gasteiger partial charge in [0, 0.05) is 30.4 Å². The summed E-state index contributed by atoms with van der Waals surface area (Å²) >= 11 is 6.63.